The van der Waals surface area contributed by atoms with E-state index < -0.39 is 5.60 Å². The number of ether oxygens (including phenoxy) is 1. The van der Waals surface area contributed by atoms with Crippen LogP contribution in [-0.2, 0) is 4.74 Å². The molecule has 0 N–H and O–H groups in total. The third-order valence-corrected chi connectivity index (χ3v) is 5.84. The molecule has 1 unspecified atom stereocenters. The van der Waals surface area contributed by atoms with Crippen LogP contribution >= 0.6 is 0 Å². The van der Waals surface area contributed by atoms with Crippen molar-refractivity contribution in [1.29, 1.82) is 0 Å². The topological polar surface area (TPSA) is 76.4 Å². The van der Waals surface area contributed by atoms with Gasteiger partial charge < -0.3 is 9.64 Å². The lowest BCUT2D eigenvalue weighted by atomic mass is 10.0. The summed E-state index contributed by atoms with van der Waals surface area (Å²) in [5.74, 6) is 0.768. The van der Waals surface area contributed by atoms with Crippen molar-refractivity contribution in [2.45, 2.75) is 46.3 Å². The Kier molecular flexibility index (Phi) is 6.47. The quantitative estimate of drug-likeness (QED) is 0.602. The molecule has 1 aliphatic rings. The molecule has 1 atom stereocenters. The molecule has 0 spiro atoms. The molecule has 33 heavy (non-hydrogen) atoms. The van der Waals surface area contributed by atoms with Gasteiger partial charge in [0, 0.05) is 26.2 Å². The SMILES string of the molecule is Cc1cccc(C)c1-n1nnnc1C(c1ccccc1)N1CCN(C(=O)OC(C)(C)C)CC1. The molecular formula is C25H32N6O2. The lowest BCUT2D eigenvalue weighted by molar-refractivity contribution is 0.0115. The average Bonchev–Trinajstić information content (AvgIpc) is 3.23. The van der Waals surface area contributed by atoms with Crippen LogP contribution in [-0.4, -0.2) is 67.9 Å². The third-order valence-electron chi connectivity index (χ3n) is 5.84. The number of aryl methyl sites for hydroxylation is 2. The van der Waals surface area contributed by atoms with Crippen LogP contribution in [0.3, 0.4) is 0 Å². The first-order chi connectivity index (χ1) is 15.7. The highest BCUT2D eigenvalue weighted by molar-refractivity contribution is 5.68. The molecular weight excluding hydrogens is 416 g/mol. The summed E-state index contributed by atoms with van der Waals surface area (Å²) < 4.78 is 7.43. The number of benzene rings is 2. The number of nitrogens with zero attached hydrogens (tertiary/aromatic N) is 6. The van der Waals surface area contributed by atoms with E-state index in [9.17, 15) is 4.79 Å². The van der Waals surface area contributed by atoms with Gasteiger partial charge >= 0.3 is 6.09 Å². The minimum atomic E-state index is -0.506. The highest BCUT2D eigenvalue weighted by Gasteiger charge is 2.33. The third kappa shape index (κ3) is 5.06. The van der Waals surface area contributed by atoms with E-state index in [4.69, 9.17) is 4.74 Å². The van der Waals surface area contributed by atoms with E-state index in [1.54, 1.807) is 4.90 Å². The zero-order chi connectivity index (χ0) is 23.6. The Morgan fingerprint density at radius 1 is 0.939 bits per heavy atom. The predicted molar refractivity (Wildman–Crippen MR) is 126 cm³/mol. The van der Waals surface area contributed by atoms with Gasteiger partial charge in [0.25, 0.3) is 0 Å². The summed E-state index contributed by atoms with van der Waals surface area (Å²) in [7, 11) is 0. The fraction of sp³-hybridized carbons (Fsp3) is 0.440. The van der Waals surface area contributed by atoms with Crippen LogP contribution in [0.2, 0.25) is 0 Å². The Bertz CT molecular complexity index is 1080. The minimum Gasteiger partial charge on any atom is -0.444 e. The number of carbonyl (C=O) groups is 1. The molecule has 8 heteroatoms. The van der Waals surface area contributed by atoms with Crippen molar-refractivity contribution < 1.29 is 9.53 Å². The summed E-state index contributed by atoms with van der Waals surface area (Å²) >= 11 is 0. The normalized spacial score (nSPS) is 16.0. The molecule has 1 amide bonds. The van der Waals surface area contributed by atoms with Gasteiger partial charge in [-0.3, -0.25) is 4.90 Å². The fourth-order valence-corrected chi connectivity index (χ4v) is 4.31. The van der Waals surface area contributed by atoms with E-state index in [2.05, 4.69) is 58.5 Å². The van der Waals surface area contributed by atoms with Crippen LogP contribution in [0.4, 0.5) is 4.79 Å². The second-order valence-electron chi connectivity index (χ2n) is 9.51. The molecule has 2 heterocycles. The lowest BCUT2D eigenvalue weighted by Crippen LogP contribution is -2.51. The summed E-state index contributed by atoms with van der Waals surface area (Å²) in [6.07, 6.45) is -0.265. The van der Waals surface area contributed by atoms with Crippen LogP contribution in [0.5, 0.6) is 0 Å². The van der Waals surface area contributed by atoms with Crippen LogP contribution < -0.4 is 0 Å². The molecule has 1 fully saturated rings. The van der Waals surface area contributed by atoms with Gasteiger partial charge in [-0.15, -0.1) is 5.10 Å². The van der Waals surface area contributed by atoms with Gasteiger partial charge in [-0.1, -0.05) is 48.5 Å². The van der Waals surface area contributed by atoms with Crippen molar-refractivity contribution in [3.63, 3.8) is 0 Å². The van der Waals surface area contributed by atoms with E-state index in [1.165, 1.54) is 0 Å². The molecule has 1 aromatic heterocycles. The maximum atomic E-state index is 12.6. The highest BCUT2D eigenvalue weighted by Crippen LogP contribution is 2.31. The van der Waals surface area contributed by atoms with Crippen LogP contribution in [0.25, 0.3) is 5.69 Å². The van der Waals surface area contributed by atoms with E-state index in [-0.39, 0.29) is 12.1 Å². The maximum absolute atomic E-state index is 12.6. The van der Waals surface area contributed by atoms with E-state index in [0.29, 0.717) is 26.2 Å². The molecule has 0 bridgehead atoms. The minimum absolute atomic E-state index is 0.138. The number of tetrazole rings is 1. The number of aromatic nitrogens is 4. The zero-order valence-electron chi connectivity index (χ0n) is 20.0. The van der Waals surface area contributed by atoms with Crippen LogP contribution in [0, 0.1) is 13.8 Å². The molecule has 3 aromatic rings. The van der Waals surface area contributed by atoms with Crippen molar-refractivity contribution >= 4 is 6.09 Å². The summed E-state index contributed by atoms with van der Waals surface area (Å²) in [4.78, 5) is 16.7. The van der Waals surface area contributed by atoms with Crippen molar-refractivity contribution in [3.05, 3.63) is 71.0 Å². The second-order valence-corrected chi connectivity index (χ2v) is 9.51. The molecule has 8 nitrogen and oxygen atoms in total. The summed E-state index contributed by atoms with van der Waals surface area (Å²) in [5.41, 5.74) is 3.85. The highest BCUT2D eigenvalue weighted by atomic mass is 16.6. The number of piperazine rings is 1. The van der Waals surface area contributed by atoms with Crippen LogP contribution in [0.15, 0.2) is 48.5 Å². The van der Waals surface area contributed by atoms with E-state index >= 15 is 0 Å². The molecule has 174 valence electrons. The van der Waals surface area contributed by atoms with Gasteiger partial charge in [-0.2, -0.15) is 4.68 Å². The van der Waals surface area contributed by atoms with Gasteiger partial charge in [0.05, 0.1) is 11.7 Å². The first kappa shape index (κ1) is 22.9. The summed E-state index contributed by atoms with van der Waals surface area (Å²) in [6, 6.07) is 16.3. The molecule has 1 saturated heterocycles. The zero-order valence-corrected chi connectivity index (χ0v) is 20.0. The van der Waals surface area contributed by atoms with Gasteiger partial charge in [-0.05, 0) is 61.7 Å². The summed E-state index contributed by atoms with van der Waals surface area (Å²) in [6.45, 7) is 12.4. The van der Waals surface area contributed by atoms with Crippen molar-refractivity contribution in [3.8, 4) is 5.69 Å². The number of carbonyl (C=O) groups excluding carboxylic acids is 1. The molecule has 2 aromatic carbocycles. The number of amides is 1. The van der Waals surface area contributed by atoms with E-state index in [0.717, 1.165) is 28.2 Å². The fourth-order valence-electron chi connectivity index (χ4n) is 4.31. The Morgan fingerprint density at radius 3 is 2.18 bits per heavy atom. The number of hydrogen-bond donors (Lipinski definition) is 0. The number of hydrogen-bond acceptors (Lipinski definition) is 6. The molecule has 0 radical (unpaired) electrons. The average molecular weight is 449 g/mol. The maximum Gasteiger partial charge on any atom is 0.410 e. The van der Waals surface area contributed by atoms with Crippen molar-refractivity contribution in [1.82, 2.24) is 30.0 Å². The van der Waals surface area contributed by atoms with Gasteiger partial charge in [0.2, 0.25) is 0 Å². The second kappa shape index (κ2) is 9.31. The van der Waals surface area contributed by atoms with Gasteiger partial charge in [-0.25, -0.2) is 4.79 Å². The Labute approximate surface area is 195 Å². The lowest BCUT2D eigenvalue weighted by Gasteiger charge is -2.39. The largest absolute Gasteiger partial charge is 0.444 e. The number of para-hydroxylation sites is 1. The molecule has 1 aliphatic heterocycles. The standard InChI is InChI=1S/C25H32N6O2/c1-18-10-9-11-19(2)21(18)31-23(26-27-28-31)22(20-12-7-6-8-13-20)29-14-16-30(17-15-29)24(32)33-25(3,4)5/h6-13,22H,14-17H2,1-5H3. The smallest absolute Gasteiger partial charge is 0.410 e. The predicted octanol–water partition coefficient (Wildman–Crippen LogP) is 3.92. The number of rotatable bonds is 4. The monoisotopic (exact) mass is 448 g/mol. The van der Waals surface area contributed by atoms with Gasteiger partial charge in [0.15, 0.2) is 5.82 Å². The molecule has 0 saturated carbocycles. The van der Waals surface area contributed by atoms with Gasteiger partial charge in [0.1, 0.15) is 5.60 Å². The summed E-state index contributed by atoms with van der Waals surface area (Å²) in [5, 5.41) is 12.9. The van der Waals surface area contributed by atoms with E-state index in [1.807, 2.05) is 49.7 Å². The first-order valence-electron chi connectivity index (χ1n) is 11.4. The Morgan fingerprint density at radius 2 is 1.58 bits per heavy atom. The first-order valence-corrected chi connectivity index (χ1v) is 11.4. The van der Waals surface area contributed by atoms with Crippen LogP contribution in [0.1, 0.15) is 49.3 Å². The Balaban J connectivity index is 1.65. The van der Waals surface area contributed by atoms with Crippen molar-refractivity contribution in [2.24, 2.45) is 0 Å². The Hall–Kier alpha value is -3.26. The van der Waals surface area contributed by atoms with Crippen molar-refractivity contribution in [2.75, 3.05) is 26.2 Å². The molecule has 0 aliphatic carbocycles. The molecule has 4 rings (SSSR count).